The van der Waals surface area contributed by atoms with Crippen molar-refractivity contribution in [2.24, 2.45) is 0 Å². The second-order valence-electron chi connectivity index (χ2n) is 6.31. The van der Waals surface area contributed by atoms with Crippen molar-refractivity contribution in [1.29, 1.82) is 0 Å². The normalized spacial score (nSPS) is 11.9. The summed E-state index contributed by atoms with van der Waals surface area (Å²) in [5.41, 5.74) is 7.42. The topological polar surface area (TPSA) is 123 Å². The first-order chi connectivity index (χ1) is 14.0. The Balaban J connectivity index is 1.58. The Morgan fingerprint density at radius 1 is 1.17 bits per heavy atom. The summed E-state index contributed by atoms with van der Waals surface area (Å²) in [6.45, 7) is 1.79. The number of carbonyl (C=O) groups is 1. The molecule has 3 aromatic heterocycles. The Hall–Kier alpha value is -3.72. The smallest absolute Gasteiger partial charge is 0.255 e. The first-order valence-electron chi connectivity index (χ1n) is 8.77. The second kappa shape index (κ2) is 7.72. The molecule has 3 heterocycles. The van der Waals surface area contributed by atoms with Crippen molar-refractivity contribution in [3.8, 4) is 0 Å². The summed E-state index contributed by atoms with van der Waals surface area (Å²) in [6, 6.07) is 13.7. The van der Waals surface area contributed by atoms with Gasteiger partial charge >= 0.3 is 0 Å². The average Bonchev–Trinajstić information content (AvgIpc) is 3.11. The fourth-order valence-corrected chi connectivity index (χ4v) is 3.00. The van der Waals surface area contributed by atoms with Gasteiger partial charge in [-0.05, 0) is 49.4 Å². The summed E-state index contributed by atoms with van der Waals surface area (Å²) in [6.07, 6.45) is 1.53. The van der Waals surface area contributed by atoms with Crippen molar-refractivity contribution in [2.45, 2.75) is 13.0 Å². The Morgan fingerprint density at radius 3 is 2.83 bits per heavy atom. The number of nitrogens with one attached hydrogen (secondary N) is 2. The van der Waals surface area contributed by atoms with E-state index in [-0.39, 0.29) is 11.7 Å². The van der Waals surface area contributed by atoms with Crippen LogP contribution in [0.1, 0.15) is 29.1 Å². The highest BCUT2D eigenvalue weighted by atomic mass is 35.5. The highest BCUT2D eigenvalue weighted by molar-refractivity contribution is 6.30. The van der Waals surface area contributed by atoms with Gasteiger partial charge in [0.2, 0.25) is 0 Å². The van der Waals surface area contributed by atoms with Crippen molar-refractivity contribution in [3.63, 3.8) is 0 Å². The van der Waals surface area contributed by atoms with Crippen LogP contribution >= 0.6 is 11.6 Å². The third-order valence-corrected chi connectivity index (χ3v) is 4.44. The van der Waals surface area contributed by atoms with Crippen molar-refractivity contribution < 1.29 is 4.79 Å². The molecule has 0 radical (unpaired) electrons. The molecule has 0 aliphatic rings. The van der Waals surface area contributed by atoms with Crippen LogP contribution < -0.4 is 16.4 Å². The van der Waals surface area contributed by atoms with Crippen LogP contribution in [0, 0.1) is 0 Å². The minimum Gasteiger partial charge on any atom is -0.383 e. The molecule has 29 heavy (non-hydrogen) atoms. The summed E-state index contributed by atoms with van der Waals surface area (Å²) in [7, 11) is 0. The third-order valence-electron chi connectivity index (χ3n) is 4.20. The summed E-state index contributed by atoms with van der Waals surface area (Å²) in [5.74, 6) is 0.865. The number of nitrogens with zero attached hydrogens (tertiary/aromatic N) is 5. The number of benzene rings is 1. The number of amides is 1. The molecular weight excluding hydrogens is 392 g/mol. The van der Waals surface area contributed by atoms with E-state index in [4.69, 9.17) is 17.3 Å². The van der Waals surface area contributed by atoms with E-state index in [9.17, 15) is 4.79 Å². The van der Waals surface area contributed by atoms with Gasteiger partial charge in [0.15, 0.2) is 17.3 Å². The Morgan fingerprint density at radius 2 is 2.03 bits per heavy atom. The van der Waals surface area contributed by atoms with Gasteiger partial charge in [0.05, 0.1) is 11.6 Å². The second-order valence-corrected chi connectivity index (χ2v) is 6.75. The standard InChI is InChI=1S/C19H17ClN8O/c1-11(23-19(29)14-6-3-9-22-17(14)21)18-26-25-16-8-7-15(27-28(16)18)24-13-5-2-4-12(20)10-13/h2-11H,1H3,(H2,21,22)(H,23,29)(H,24,27)/t11-/m1/s1. The van der Waals surface area contributed by atoms with E-state index in [1.807, 2.05) is 12.1 Å². The maximum absolute atomic E-state index is 12.5. The van der Waals surface area contributed by atoms with Crippen molar-refractivity contribution >= 4 is 40.5 Å². The molecule has 0 spiro atoms. The number of rotatable bonds is 5. The molecule has 4 aromatic rings. The number of pyridine rings is 1. The molecule has 1 amide bonds. The summed E-state index contributed by atoms with van der Waals surface area (Å²) < 4.78 is 1.57. The number of hydrogen-bond acceptors (Lipinski definition) is 7. The van der Waals surface area contributed by atoms with E-state index in [2.05, 4.69) is 30.9 Å². The van der Waals surface area contributed by atoms with Crippen LogP contribution in [-0.4, -0.2) is 30.7 Å². The number of fused-ring (bicyclic) bond motifs is 1. The van der Waals surface area contributed by atoms with Gasteiger partial charge in [-0.1, -0.05) is 17.7 Å². The zero-order valence-electron chi connectivity index (χ0n) is 15.4. The maximum atomic E-state index is 12.5. The Kier molecular flexibility index (Phi) is 4.96. The summed E-state index contributed by atoms with van der Waals surface area (Å²) in [4.78, 5) is 16.4. The van der Waals surface area contributed by atoms with Gasteiger partial charge in [-0.15, -0.1) is 15.3 Å². The molecule has 0 fully saturated rings. The lowest BCUT2D eigenvalue weighted by molar-refractivity contribution is 0.0938. The van der Waals surface area contributed by atoms with Gasteiger partial charge in [0, 0.05) is 16.9 Å². The van der Waals surface area contributed by atoms with E-state index in [1.165, 1.54) is 6.20 Å². The molecule has 146 valence electrons. The predicted octanol–water partition coefficient (Wildman–Crippen LogP) is 2.99. The van der Waals surface area contributed by atoms with Crippen molar-refractivity contribution in [1.82, 2.24) is 30.1 Å². The molecule has 4 rings (SSSR count). The van der Waals surface area contributed by atoms with Gasteiger partial charge in [0.25, 0.3) is 5.91 Å². The van der Waals surface area contributed by atoms with E-state index >= 15 is 0 Å². The fourth-order valence-electron chi connectivity index (χ4n) is 2.80. The molecule has 10 heteroatoms. The maximum Gasteiger partial charge on any atom is 0.255 e. The van der Waals surface area contributed by atoms with Gasteiger partial charge in [0.1, 0.15) is 5.82 Å². The van der Waals surface area contributed by atoms with E-state index in [0.29, 0.717) is 27.9 Å². The number of aromatic nitrogens is 5. The highest BCUT2D eigenvalue weighted by Gasteiger charge is 2.19. The first kappa shape index (κ1) is 18.6. The number of anilines is 3. The highest BCUT2D eigenvalue weighted by Crippen LogP contribution is 2.20. The quantitative estimate of drug-likeness (QED) is 0.463. The molecule has 0 bridgehead atoms. The van der Waals surface area contributed by atoms with E-state index in [0.717, 1.165) is 5.69 Å². The molecule has 0 aliphatic heterocycles. The Bertz CT molecular complexity index is 1190. The number of nitrogens with two attached hydrogens (primary N) is 1. The lowest BCUT2D eigenvalue weighted by atomic mass is 10.2. The minimum atomic E-state index is -0.467. The molecule has 0 unspecified atom stereocenters. The van der Waals surface area contributed by atoms with E-state index < -0.39 is 6.04 Å². The van der Waals surface area contributed by atoms with Crippen molar-refractivity contribution in [3.05, 3.63) is 71.1 Å². The van der Waals surface area contributed by atoms with Gasteiger partial charge in [-0.3, -0.25) is 4.79 Å². The molecule has 1 atom stereocenters. The van der Waals surface area contributed by atoms with Crippen LogP contribution in [0.15, 0.2) is 54.7 Å². The molecule has 4 N–H and O–H groups in total. The van der Waals surface area contributed by atoms with Crippen LogP contribution in [0.4, 0.5) is 17.3 Å². The zero-order chi connectivity index (χ0) is 20.4. The molecule has 0 saturated heterocycles. The number of hydrogen-bond donors (Lipinski definition) is 3. The average molecular weight is 409 g/mol. The molecular formula is C19H17ClN8O. The zero-order valence-corrected chi connectivity index (χ0v) is 16.1. The van der Waals surface area contributed by atoms with Gasteiger partial charge in [-0.25, -0.2) is 4.98 Å². The van der Waals surface area contributed by atoms with Gasteiger partial charge in [-0.2, -0.15) is 4.52 Å². The van der Waals surface area contributed by atoms with Crippen molar-refractivity contribution in [2.75, 3.05) is 11.1 Å². The van der Waals surface area contributed by atoms with Crippen LogP contribution in [0.25, 0.3) is 5.65 Å². The van der Waals surface area contributed by atoms with E-state index in [1.54, 1.807) is 47.8 Å². The molecule has 0 saturated carbocycles. The number of halogens is 1. The Labute approximate surface area is 170 Å². The number of nitrogen functional groups attached to an aromatic ring is 1. The predicted molar refractivity (Wildman–Crippen MR) is 110 cm³/mol. The SMILES string of the molecule is C[C@@H](NC(=O)c1cccnc1N)c1nnc2ccc(Nc3cccc(Cl)c3)nn12. The van der Waals surface area contributed by atoms with Crippen LogP contribution in [0.3, 0.4) is 0 Å². The lowest BCUT2D eigenvalue weighted by Crippen LogP contribution is -2.29. The van der Waals surface area contributed by atoms with Crippen LogP contribution in [0.5, 0.6) is 0 Å². The number of carbonyl (C=O) groups excluding carboxylic acids is 1. The monoisotopic (exact) mass is 408 g/mol. The van der Waals surface area contributed by atoms with Gasteiger partial charge < -0.3 is 16.4 Å². The summed E-state index contributed by atoms with van der Waals surface area (Å²) >= 11 is 6.03. The lowest BCUT2D eigenvalue weighted by Gasteiger charge is -2.13. The summed E-state index contributed by atoms with van der Waals surface area (Å²) in [5, 5.41) is 19.5. The van der Waals surface area contributed by atoms with Crippen LogP contribution in [-0.2, 0) is 0 Å². The molecule has 1 aromatic carbocycles. The van der Waals surface area contributed by atoms with Crippen LogP contribution in [0.2, 0.25) is 5.02 Å². The first-order valence-corrected chi connectivity index (χ1v) is 9.15. The largest absolute Gasteiger partial charge is 0.383 e. The third kappa shape index (κ3) is 3.94. The fraction of sp³-hybridized carbons (Fsp3) is 0.105. The minimum absolute atomic E-state index is 0.162. The molecule has 9 nitrogen and oxygen atoms in total. The molecule has 0 aliphatic carbocycles.